The Morgan fingerprint density at radius 3 is 2.74 bits per heavy atom. The summed E-state index contributed by atoms with van der Waals surface area (Å²) >= 11 is 3.34. The van der Waals surface area contributed by atoms with Crippen LogP contribution in [0.15, 0.2) is 58.2 Å². The van der Waals surface area contributed by atoms with E-state index in [4.69, 9.17) is 0 Å². The minimum Gasteiger partial charge on any atom is -0.356 e. The zero-order valence-electron chi connectivity index (χ0n) is 15.6. The van der Waals surface area contributed by atoms with Gasteiger partial charge in [0.05, 0.1) is 17.6 Å². The van der Waals surface area contributed by atoms with E-state index < -0.39 is 28.5 Å². The van der Waals surface area contributed by atoms with Crippen LogP contribution >= 0.6 is 15.9 Å². The second kappa shape index (κ2) is 7.24. The molecule has 4 heterocycles. The number of carbonyl (C=O) groups excluding carboxylic acids is 1. The van der Waals surface area contributed by atoms with Gasteiger partial charge in [-0.3, -0.25) is 9.59 Å². The summed E-state index contributed by atoms with van der Waals surface area (Å²) in [5.41, 5.74) is 0.347. The smallest absolute Gasteiger partial charge is 0.275 e. The molecule has 0 saturated carbocycles. The number of rotatable bonds is 4. The fourth-order valence-electron chi connectivity index (χ4n) is 3.48. The lowest BCUT2D eigenvalue weighted by Gasteiger charge is -2.05. The predicted molar refractivity (Wildman–Crippen MR) is 113 cm³/mol. The molecule has 5 aromatic rings. The van der Waals surface area contributed by atoms with Crippen molar-refractivity contribution in [1.29, 1.82) is 0 Å². The summed E-state index contributed by atoms with van der Waals surface area (Å²) in [5, 5.41) is 0.282. The first-order chi connectivity index (χ1) is 14.9. The van der Waals surface area contributed by atoms with Gasteiger partial charge in [-0.2, -0.15) is 0 Å². The summed E-state index contributed by atoms with van der Waals surface area (Å²) in [5.74, 6) is -2.23. The summed E-state index contributed by atoms with van der Waals surface area (Å²) in [6.07, 6.45) is 4.41. The van der Waals surface area contributed by atoms with E-state index in [0.29, 0.717) is 11.5 Å². The van der Waals surface area contributed by atoms with Gasteiger partial charge in [0.25, 0.3) is 5.56 Å². The third-order valence-electron chi connectivity index (χ3n) is 4.92. The largest absolute Gasteiger partial charge is 0.356 e. The van der Waals surface area contributed by atoms with E-state index in [1.807, 2.05) is 6.07 Å². The van der Waals surface area contributed by atoms with Crippen molar-refractivity contribution in [2.24, 2.45) is 0 Å². The maximum Gasteiger partial charge on any atom is 0.275 e. The van der Waals surface area contributed by atoms with E-state index in [9.17, 15) is 18.4 Å². The molecular formula is C21H12BrF2N5O2. The number of imidazole rings is 1. The summed E-state index contributed by atoms with van der Waals surface area (Å²) in [6, 6.07) is 6.59. The average Bonchev–Trinajstić information content (AvgIpc) is 3.33. The highest BCUT2D eigenvalue weighted by molar-refractivity contribution is 9.10. The molecule has 2 N–H and O–H groups in total. The van der Waals surface area contributed by atoms with Gasteiger partial charge in [0.1, 0.15) is 23.0 Å². The Morgan fingerprint density at radius 2 is 1.97 bits per heavy atom. The van der Waals surface area contributed by atoms with E-state index in [2.05, 4.69) is 35.9 Å². The Bertz CT molecular complexity index is 1530. The van der Waals surface area contributed by atoms with Crippen molar-refractivity contribution >= 4 is 43.8 Å². The zero-order chi connectivity index (χ0) is 21.7. The molecule has 0 aliphatic heterocycles. The average molecular weight is 484 g/mol. The summed E-state index contributed by atoms with van der Waals surface area (Å²) in [6.45, 7) is 0.146. The van der Waals surface area contributed by atoms with Gasteiger partial charge < -0.3 is 14.5 Å². The molecule has 0 saturated heterocycles. The number of H-pyrrole nitrogens is 2. The van der Waals surface area contributed by atoms with Crippen LogP contribution in [-0.2, 0) is 6.54 Å². The number of hydrogen-bond donors (Lipinski definition) is 2. The van der Waals surface area contributed by atoms with Gasteiger partial charge in [0.15, 0.2) is 5.65 Å². The van der Waals surface area contributed by atoms with Crippen LogP contribution in [0, 0.1) is 11.6 Å². The minimum atomic E-state index is -0.960. The SMILES string of the molecule is O=C(c1c(F)cccc1F)c1c[nH]c2c(=O)n(Cc3nc4ncc(Br)cc4[nH]3)ccc12. The fraction of sp³-hybridized carbons (Fsp3) is 0.0476. The topological polar surface area (TPSA) is 96.4 Å². The van der Waals surface area contributed by atoms with Gasteiger partial charge in [0, 0.05) is 34.0 Å². The Hall–Kier alpha value is -3.66. The lowest BCUT2D eigenvalue weighted by molar-refractivity contribution is 0.103. The molecule has 1 aromatic carbocycles. The first-order valence-corrected chi connectivity index (χ1v) is 9.91. The number of nitrogens with zero attached hydrogens (tertiary/aromatic N) is 3. The Kier molecular flexibility index (Phi) is 4.51. The molecule has 0 fully saturated rings. The van der Waals surface area contributed by atoms with Crippen LogP contribution in [0.3, 0.4) is 0 Å². The molecule has 154 valence electrons. The molecule has 0 unspecified atom stereocenters. The molecule has 0 aliphatic rings. The number of hydrogen-bond acceptors (Lipinski definition) is 4. The van der Waals surface area contributed by atoms with Crippen LogP contribution in [-0.4, -0.2) is 30.3 Å². The highest BCUT2D eigenvalue weighted by atomic mass is 79.9. The molecular weight excluding hydrogens is 472 g/mol. The summed E-state index contributed by atoms with van der Waals surface area (Å²) in [7, 11) is 0. The van der Waals surface area contributed by atoms with Crippen LogP contribution in [0.4, 0.5) is 8.78 Å². The lowest BCUT2D eigenvalue weighted by atomic mass is 10.0. The summed E-state index contributed by atoms with van der Waals surface area (Å²) < 4.78 is 30.3. The molecule has 0 amide bonds. The molecule has 10 heteroatoms. The molecule has 7 nitrogen and oxygen atoms in total. The number of ketones is 1. The van der Waals surface area contributed by atoms with Crippen LogP contribution < -0.4 is 5.56 Å². The second-order valence-corrected chi connectivity index (χ2v) is 7.79. The number of carbonyl (C=O) groups is 1. The number of halogens is 3. The molecule has 5 rings (SSSR count). The van der Waals surface area contributed by atoms with Crippen molar-refractivity contribution in [2.45, 2.75) is 6.54 Å². The fourth-order valence-corrected chi connectivity index (χ4v) is 3.81. The van der Waals surface area contributed by atoms with Gasteiger partial charge in [-0.05, 0) is 40.2 Å². The van der Waals surface area contributed by atoms with E-state index in [1.54, 1.807) is 12.3 Å². The minimum absolute atomic E-state index is 0.0148. The van der Waals surface area contributed by atoms with Crippen LogP contribution in [0.1, 0.15) is 21.7 Å². The molecule has 0 bridgehead atoms. The molecule has 31 heavy (non-hydrogen) atoms. The quantitative estimate of drug-likeness (QED) is 0.378. The van der Waals surface area contributed by atoms with E-state index in [-0.39, 0.29) is 23.0 Å². The van der Waals surface area contributed by atoms with Gasteiger partial charge in [-0.15, -0.1) is 0 Å². The number of benzene rings is 1. The first-order valence-electron chi connectivity index (χ1n) is 9.12. The Morgan fingerprint density at radius 1 is 1.19 bits per heavy atom. The number of nitrogens with one attached hydrogen (secondary N) is 2. The first kappa shape index (κ1) is 19.3. The lowest BCUT2D eigenvalue weighted by Crippen LogP contribution is -2.20. The van der Waals surface area contributed by atoms with E-state index >= 15 is 0 Å². The van der Waals surface area contributed by atoms with Crippen molar-refractivity contribution in [1.82, 2.24) is 24.5 Å². The molecule has 4 aromatic heterocycles. The van der Waals surface area contributed by atoms with Crippen molar-refractivity contribution < 1.29 is 13.6 Å². The third kappa shape index (κ3) is 3.25. The van der Waals surface area contributed by atoms with Crippen molar-refractivity contribution in [3.8, 4) is 0 Å². The van der Waals surface area contributed by atoms with Crippen LogP contribution in [0.2, 0.25) is 0 Å². The Labute approximate surface area is 180 Å². The normalized spacial score (nSPS) is 11.5. The standard InChI is InChI=1S/C21H12BrF2N5O2/c22-10-6-15-20(26-7-10)28-16(27-15)9-29-5-4-11-12(8-25-18(11)21(29)31)19(30)17-13(23)2-1-3-14(17)24/h1-8,25H,9H2,(H,26,27,28). The van der Waals surface area contributed by atoms with Gasteiger partial charge in [-0.25, -0.2) is 18.7 Å². The highest BCUT2D eigenvalue weighted by Gasteiger charge is 2.22. The van der Waals surface area contributed by atoms with Crippen LogP contribution in [0.5, 0.6) is 0 Å². The maximum absolute atomic E-state index is 14.0. The van der Waals surface area contributed by atoms with Gasteiger partial charge in [-0.1, -0.05) is 6.07 Å². The van der Waals surface area contributed by atoms with Crippen LogP contribution in [0.25, 0.3) is 22.1 Å². The number of pyridine rings is 2. The van der Waals surface area contributed by atoms with E-state index in [1.165, 1.54) is 23.0 Å². The molecule has 0 radical (unpaired) electrons. The van der Waals surface area contributed by atoms with Gasteiger partial charge in [0.2, 0.25) is 5.78 Å². The number of aromatic nitrogens is 5. The number of aromatic amines is 2. The van der Waals surface area contributed by atoms with E-state index in [0.717, 1.165) is 22.1 Å². The summed E-state index contributed by atoms with van der Waals surface area (Å²) in [4.78, 5) is 40.1. The predicted octanol–water partition coefficient (Wildman–Crippen LogP) is 3.92. The molecule has 0 spiro atoms. The van der Waals surface area contributed by atoms with Crippen molar-refractivity contribution in [2.75, 3.05) is 0 Å². The highest BCUT2D eigenvalue weighted by Crippen LogP contribution is 2.22. The van der Waals surface area contributed by atoms with Crippen molar-refractivity contribution in [3.63, 3.8) is 0 Å². The monoisotopic (exact) mass is 483 g/mol. The molecule has 0 aliphatic carbocycles. The second-order valence-electron chi connectivity index (χ2n) is 6.87. The maximum atomic E-state index is 14.0. The third-order valence-corrected chi connectivity index (χ3v) is 5.36. The van der Waals surface area contributed by atoms with Crippen molar-refractivity contribution in [3.05, 3.63) is 92.3 Å². The molecule has 0 atom stereocenters. The van der Waals surface area contributed by atoms with Gasteiger partial charge >= 0.3 is 0 Å². The Balaban J connectivity index is 1.54. The zero-order valence-corrected chi connectivity index (χ0v) is 17.2. The number of fused-ring (bicyclic) bond motifs is 2.